The quantitative estimate of drug-likeness (QED) is 0.778. The Morgan fingerprint density at radius 1 is 1.35 bits per heavy atom. The van der Waals surface area contributed by atoms with Crippen LogP contribution in [-0.2, 0) is 4.79 Å². The third kappa shape index (κ3) is 4.18. The SMILES string of the molecule is Cc1ccc(F)c(NC(=O)NCCC(C)C(=O)O)c1F. The van der Waals surface area contributed by atoms with E-state index in [0.717, 1.165) is 6.07 Å². The van der Waals surface area contributed by atoms with Crippen molar-refractivity contribution in [3.8, 4) is 0 Å². The van der Waals surface area contributed by atoms with Crippen LogP contribution >= 0.6 is 0 Å². The predicted molar refractivity (Wildman–Crippen MR) is 69.5 cm³/mol. The van der Waals surface area contributed by atoms with E-state index in [4.69, 9.17) is 5.11 Å². The number of nitrogens with one attached hydrogen (secondary N) is 2. The average Bonchev–Trinajstić information content (AvgIpc) is 2.39. The number of aryl methyl sites for hydroxylation is 1. The van der Waals surface area contributed by atoms with Crippen LogP contribution in [0, 0.1) is 24.5 Å². The number of carboxylic acids is 1. The minimum atomic E-state index is -0.969. The number of carbonyl (C=O) groups excluding carboxylic acids is 1. The summed E-state index contributed by atoms with van der Waals surface area (Å²) in [6, 6.07) is 1.54. The van der Waals surface area contributed by atoms with Crippen molar-refractivity contribution in [2.45, 2.75) is 20.3 Å². The van der Waals surface area contributed by atoms with Gasteiger partial charge in [-0.3, -0.25) is 4.79 Å². The van der Waals surface area contributed by atoms with E-state index in [2.05, 4.69) is 10.6 Å². The van der Waals surface area contributed by atoms with Gasteiger partial charge in [0.25, 0.3) is 0 Å². The molecular formula is C13H16F2N2O3. The van der Waals surface area contributed by atoms with E-state index in [1.54, 1.807) is 0 Å². The van der Waals surface area contributed by atoms with Gasteiger partial charge in [-0.1, -0.05) is 13.0 Å². The molecule has 5 nitrogen and oxygen atoms in total. The lowest BCUT2D eigenvalue weighted by Crippen LogP contribution is -2.31. The molecule has 1 aromatic carbocycles. The summed E-state index contributed by atoms with van der Waals surface area (Å²) >= 11 is 0. The molecule has 0 heterocycles. The molecule has 0 bridgehead atoms. The van der Waals surface area contributed by atoms with Gasteiger partial charge in [-0.25, -0.2) is 13.6 Å². The van der Waals surface area contributed by atoms with Crippen LogP contribution in [0.1, 0.15) is 18.9 Å². The van der Waals surface area contributed by atoms with Crippen molar-refractivity contribution in [2.75, 3.05) is 11.9 Å². The highest BCUT2D eigenvalue weighted by molar-refractivity contribution is 5.89. The third-order valence-corrected chi connectivity index (χ3v) is 2.81. The van der Waals surface area contributed by atoms with E-state index in [-0.39, 0.29) is 18.5 Å². The number of halogens is 2. The van der Waals surface area contributed by atoms with Crippen molar-refractivity contribution in [2.24, 2.45) is 5.92 Å². The minimum Gasteiger partial charge on any atom is -0.481 e. The zero-order chi connectivity index (χ0) is 15.3. The van der Waals surface area contributed by atoms with Gasteiger partial charge in [0, 0.05) is 6.54 Å². The monoisotopic (exact) mass is 286 g/mol. The number of carboxylic acid groups (broad SMARTS) is 1. The Bertz CT molecular complexity index is 521. The Labute approximate surface area is 115 Å². The minimum absolute atomic E-state index is 0.0916. The molecule has 0 aliphatic heterocycles. The topological polar surface area (TPSA) is 78.4 Å². The van der Waals surface area contributed by atoms with Gasteiger partial charge in [-0.15, -0.1) is 0 Å². The molecule has 1 aromatic rings. The predicted octanol–water partition coefficient (Wildman–Crippen LogP) is 2.51. The standard InChI is InChI=1S/C13H16F2N2O3/c1-7-3-4-9(14)11(10(7)15)17-13(20)16-6-5-8(2)12(18)19/h3-4,8H,5-6H2,1-2H3,(H,18,19)(H2,16,17,20). The van der Waals surface area contributed by atoms with Gasteiger partial charge in [-0.2, -0.15) is 0 Å². The van der Waals surface area contributed by atoms with E-state index >= 15 is 0 Å². The second-order valence-corrected chi connectivity index (χ2v) is 4.46. The fraction of sp³-hybridized carbons (Fsp3) is 0.385. The summed E-state index contributed by atoms with van der Waals surface area (Å²) < 4.78 is 27.0. The fourth-order valence-electron chi connectivity index (χ4n) is 1.45. The van der Waals surface area contributed by atoms with Crippen LogP contribution in [0.15, 0.2) is 12.1 Å². The zero-order valence-electron chi connectivity index (χ0n) is 11.2. The Morgan fingerprint density at radius 3 is 2.60 bits per heavy atom. The Hall–Kier alpha value is -2.18. The second kappa shape index (κ2) is 6.83. The lowest BCUT2D eigenvalue weighted by atomic mass is 10.1. The maximum Gasteiger partial charge on any atom is 0.319 e. The number of aliphatic carboxylic acids is 1. The molecular weight excluding hydrogens is 270 g/mol. The fourth-order valence-corrected chi connectivity index (χ4v) is 1.45. The molecule has 0 radical (unpaired) electrons. The first kappa shape index (κ1) is 15.9. The van der Waals surface area contributed by atoms with Gasteiger partial charge in [0.2, 0.25) is 0 Å². The van der Waals surface area contributed by atoms with E-state index in [1.807, 2.05) is 0 Å². The largest absolute Gasteiger partial charge is 0.481 e. The lowest BCUT2D eigenvalue weighted by Gasteiger charge is -2.11. The molecule has 0 aromatic heterocycles. The summed E-state index contributed by atoms with van der Waals surface area (Å²) in [7, 11) is 0. The number of hydrogen-bond acceptors (Lipinski definition) is 2. The van der Waals surface area contributed by atoms with E-state index < -0.39 is 35.2 Å². The molecule has 0 saturated carbocycles. The average molecular weight is 286 g/mol. The summed E-state index contributed by atoms with van der Waals surface area (Å²) in [5.74, 6) is -3.29. The Morgan fingerprint density at radius 2 is 2.00 bits per heavy atom. The first-order valence-corrected chi connectivity index (χ1v) is 6.05. The van der Waals surface area contributed by atoms with Crippen molar-refractivity contribution in [1.82, 2.24) is 5.32 Å². The van der Waals surface area contributed by atoms with Gasteiger partial charge in [0.1, 0.15) is 11.5 Å². The normalized spacial score (nSPS) is 11.8. The summed E-state index contributed by atoms with van der Waals surface area (Å²) in [4.78, 5) is 22.0. The molecule has 0 aliphatic rings. The number of benzene rings is 1. The molecule has 20 heavy (non-hydrogen) atoms. The van der Waals surface area contributed by atoms with Crippen LogP contribution in [0.25, 0.3) is 0 Å². The zero-order valence-corrected chi connectivity index (χ0v) is 11.2. The van der Waals surface area contributed by atoms with Crippen LogP contribution < -0.4 is 10.6 Å². The summed E-state index contributed by atoms with van der Waals surface area (Å²) in [5, 5.41) is 13.1. The van der Waals surface area contributed by atoms with Gasteiger partial charge < -0.3 is 15.7 Å². The lowest BCUT2D eigenvalue weighted by molar-refractivity contribution is -0.141. The van der Waals surface area contributed by atoms with E-state index in [0.29, 0.717) is 0 Å². The van der Waals surface area contributed by atoms with Gasteiger partial charge >= 0.3 is 12.0 Å². The first-order valence-electron chi connectivity index (χ1n) is 6.05. The molecule has 3 N–H and O–H groups in total. The molecule has 2 amide bonds. The number of carbonyl (C=O) groups is 2. The van der Waals surface area contributed by atoms with Crippen LogP contribution in [0.3, 0.4) is 0 Å². The van der Waals surface area contributed by atoms with Crippen molar-refractivity contribution in [3.05, 3.63) is 29.3 Å². The van der Waals surface area contributed by atoms with Crippen LogP contribution in [0.2, 0.25) is 0 Å². The molecule has 1 atom stereocenters. The van der Waals surface area contributed by atoms with Crippen molar-refractivity contribution >= 4 is 17.7 Å². The molecule has 0 aliphatic carbocycles. The molecule has 0 spiro atoms. The molecule has 0 fully saturated rings. The van der Waals surface area contributed by atoms with Crippen molar-refractivity contribution < 1.29 is 23.5 Å². The highest BCUT2D eigenvalue weighted by atomic mass is 19.1. The molecule has 1 unspecified atom stereocenters. The summed E-state index contributed by atoms with van der Waals surface area (Å²) in [5.41, 5.74) is -0.310. The Kier molecular flexibility index (Phi) is 5.42. The summed E-state index contributed by atoms with van der Waals surface area (Å²) in [6.07, 6.45) is 0.224. The van der Waals surface area contributed by atoms with Crippen LogP contribution in [-0.4, -0.2) is 23.7 Å². The number of rotatable bonds is 5. The molecule has 7 heteroatoms. The van der Waals surface area contributed by atoms with E-state index in [1.165, 1.54) is 19.9 Å². The van der Waals surface area contributed by atoms with E-state index in [9.17, 15) is 18.4 Å². The van der Waals surface area contributed by atoms with Crippen LogP contribution in [0.4, 0.5) is 19.3 Å². The summed E-state index contributed by atoms with van der Waals surface area (Å²) in [6.45, 7) is 3.04. The highest BCUT2D eigenvalue weighted by Crippen LogP contribution is 2.21. The Balaban J connectivity index is 2.55. The van der Waals surface area contributed by atoms with Crippen molar-refractivity contribution in [3.63, 3.8) is 0 Å². The second-order valence-electron chi connectivity index (χ2n) is 4.46. The van der Waals surface area contributed by atoms with Crippen LogP contribution in [0.5, 0.6) is 0 Å². The van der Waals surface area contributed by atoms with Gasteiger partial charge in [0.15, 0.2) is 5.82 Å². The maximum absolute atomic E-state index is 13.6. The molecule has 110 valence electrons. The molecule has 1 rings (SSSR count). The number of anilines is 1. The van der Waals surface area contributed by atoms with Gasteiger partial charge in [0.05, 0.1) is 5.92 Å². The van der Waals surface area contributed by atoms with Crippen molar-refractivity contribution in [1.29, 1.82) is 0 Å². The molecule has 0 saturated heterocycles. The third-order valence-electron chi connectivity index (χ3n) is 2.81. The number of hydrogen-bond donors (Lipinski definition) is 3. The smallest absolute Gasteiger partial charge is 0.319 e. The van der Waals surface area contributed by atoms with Gasteiger partial charge in [-0.05, 0) is 25.0 Å². The first-order chi connectivity index (χ1) is 9.32. The highest BCUT2D eigenvalue weighted by Gasteiger charge is 2.15. The number of urea groups is 1. The maximum atomic E-state index is 13.6. The number of amides is 2.